The average Bonchev–Trinajstić information content (AvgIpc) is 3.23. The predicted octanol–water partition coefficient (Wildman–Crippen LogP) is 5.57. The minimum absolute atomic E-state index is 0.518. The molecule has 0 spiro atoms. The minimum Gasteiger partial charge on any atom is -0.297 e. The summed E-state index contributed by atoms with van der Waals surface area (Å²) in [5.74, 6) is 0. The van der Waals surface area contributed by atoms with Crippen LogP contribution >= 0.6 is 0 Å². The van der Waals surface area contributed by atoms with Crippen LogP contribution < -0.4 is 0 Å². The molecule has 126 valence electrons. The van der Waals surface area contributed by atoms with Crippen LogP contribution in [0.1, 0.15) is 31.4 Å². The lowest BCUT2D eigenvalue weighted by molar-refractivity contribution is 0.263. The van der Waals surface area contributed by atoms with Gasteiger partial charge in [0, 0.05) is 18.4 Å². The van der Waals surface area contributed by atoms with Crippen LogP contribution in [0.3, 0.4) is 0 Å². The molecule has 1 aliphatic rings. The molecular weight excluding hydrogens is 304 g/mol. The zero-order valence-corrected chi connectivity index (χ0v) is 14.7. The smallest absolute Gasteiger partial charge is 0.0346 e. The summed E-state index contributed by atoms with van der Waals surface area (Å²) in [5, 5.41) is 0. The van der Waals surface area contributed by atoms with Crippen LogP contribution in [0.25, 0.3) is 22.3 Å². The molecule has 2 heterocycles. The molecule has 1 aromatic heterocycles. The quantitative estimate of drug-likeness (QED) is 0.622. The molecule has 0 N–H and O–H groups in total. The third kappa shape index (κ3) is 3.49. The van der Waals surface area contributed by atoms with Crippen molar-refractivity contribution in [3.8, 4) is 22.3 Å². The van der Waals surface area contributed by atoms with Gasteiger partial charge < -0.3 is 0 Å². The summed E-state index contributed by atoms with van der Waals surface area (Å²) in [7, 11) is 0. The normalized spacial score (nSPS) is 16.0. The molecule has 0 bridgehead atoms. The molecule has 2 aromatic carbocycles. The average molecular weight is 328 g/mol. The van der Waals surface area contributed by atoms with Crippen molar-refractivity contribution in [2.24, 2.45) is 0 Å². The summed E-state index contributed by atoms with van der Waals surface area (Å²) in [6, 6.07) is 22.4. The maximum atomic E-state index is 4.20. The Morgan fingerprint density at radius 1 is 0.760 bits per heavy atom. The highest BCUT2D eigenvalue weighted by Gasteiger charge is 2.19. The van der Waals surface area contributed by atoms with Gasteiger partial charge in [0.2, 0.25) is 0 Å². The Balaban J connectivity index is 1.52. The Hall–Kier alpha value is -2.45. The Bertz CT molecular complexity index is 801. The first-order chi connectivity index (χ1) is 12.3. The van der Waals surface area contributed by atoms with Crippen LogP contribution in [0.5, 0.6) is 0 Å². The highest BCUT2D eigenvalue weighted by Crippen LogP contribution is 2.28. The van der Waals surface area contributed by atoms with Crippen molar-refractivity contribution in [2.75, 3.05) is 13.1 Å². The molecule has 2 heteroatoms. The Kier molecular flexibility index (Phi) is 4.62. The number of nitrogens with zero attached hydrogens (tertiary/aromatic N) is 2. The van der Waals surface area contributed by atoms with Gasteiger partial charge in [-0.3, -0.25) is 9.88 Å². The maximum absolute atomic E-state index is 4.20. The molecule has 4 rings (SSSR count). The molecule has 1 saturated heterocycles. The summed E-state index contributed by atoms with van der Waals surface area (Å²) >= 11 is 0. The van der Waals surface area contributed by atoms with Crippen molar-refractivity contribution >= 4 is 0 Å². The van der Waals surface area contributed by atoms with E-state index in [9.17, 15) is 0 Å². The summed E-state index contributed by atoms with van der Waals surface area (Å²) in [5.41, 5.74) is 6.31. The number of hydrogen-bond donors (Lipinski definition) is 0. The summed E-state index contributed by atoms with van der Waals surface area (Å²) in [4.78, 5) is 6.78. The van der Waals surface area contributed by atoms with E-state index >= 15 is 0 Å². The molecule has 0 radical (unpaired) electrons. The van der Waals surface area contributed by atoms with Gasteiger partial charge in [0.15, 0.2) is 0 Å². The van der Waals surface area contributed by atoms with Crippen molar-refractivity contribution in [3.63, 3.8) is 0 Å². The van der Waals surface area contributed by atoms with Crippen LogP contribution in [0, 0.1) is 0 Å². The van der Waals surface area contributed by atoms with Gasteiger partial charge in [0.05, 0.1) is 0 Å². The van der Waals surface area contributed by atoms with E-state index in [4.69, 9.17) is 0 Å². The minimum atomic E-state index is 0.518. The van der Waals surface area contributed by atoms with Crippen molar-refractivity contribution in [2.45, 2.75) is 25.8 Å². The number of hydrogen-bond acceptors (Lipinski definition) is 2. The zero-order chi connectivity index (χ0) is 17.1. The van der Waals surface area contributed by atoms with Crippen LogP contribution in [0.15, 0.2) is 73.1 Å². The number of likely N-dealkylation sites (tertiary alicyclic amines) is 1. The standard InChI is InChI=1S/C23H24N2/c1-18(25-15-2-3-16-25)19-6-8-20(9-7-19)21-10-12-22(13-11-21)23-5-4-14-24-17-23/h4-14,17-18H,2-3,15-16H2,1H3/t18-/m1/s1. The SMILES string of the molecule is C[C@H](c1ccc(-c2ccc(-c3cccnc3)cc2)cc1)N1CCCC1. The summed E-state index contributed by atoms with van der Waals surface area (Å²) < 4.78 is 0. The summed E-state index contributed by atoms with van der Waals surface area (Å²) in [6.07, 6.45) is 6.39. The van der Waals surface area contributed by atoms with Gasteiger partial charge >= 0.3 is 0 Å². The van der Waals surface area contributed by atoms with Gasteiger partial charge in [0.1, 0.15) is 0 Å². The van der Waals surface area contributed by atoms with E-state index in [1.54, 1.807) is 0 Å². The van der Waals surface area contributed by atoms with E-state index in [-0.39, 0.29) is 0 Å². The molecule has 1 fully saturated rings. The van der Waals surface area contributed by atoms with E-state index < -0.39 is 0 Å². The van der Waals surface area contributed by atoms with Crippen molar-refractivity contribution in [3.05, 3.63) is 78.6 Å². The highest BCUT2D eigenvalue weighted by molar-refractivity contribution is 5.70. The van der Waals surface area contributed by atoms with Gasteiger partial charge in [-0.2, -0.15) is 0 Å². The lowest BCUT2D eigenvalue weighted by atomic mass is 9.99. The Labute approximate surface area is 150 Å². The van der Waals surface area contributed by atoms with Crippen LogP contribution in [0.4, 0.5) is 0 Å². The van der Waals surface area contributed by atoms with E-state index in [0.29, 0.717) is 6.04 Å². The molecule has 25 heavy (non-hydrogen) atoms. The van der Waals surface area contributed by atoms with Gasteiger partial charge in [-0.1, -0.05) is 54.6 Å². The van der Waals surface area contributed by atoms with E-state index in [1.807, 2.05) is 18.5 Å². The number of pyridine rings is 1. The van der Waals surface area contributed by atoms with Gasteiger partial charge in [0.25, 0.3) is 0 Å². The van der Waals surface area contributed by atoms with E-state index in [1.165, 1.54) is 48.2 Å². The van der Waals surface area contributed by atoms with Crippen LogP contribution in [-0.2, 0) is 0 Å². The van der Waals surface area contributed by atoms with Gasteiger partial charge in [-0.15, -0.1) is 0 Å². The molecule has 0 aliphatic carbocycles. The molecule has 1 atom stereocenters. The first-order valence-corrected chi connectivity index (χ1v) is 9.16. The lowest BCUT2D eigenvalue weighted by Crippen LogP contribution is -2.23. The van der Waals surface area contributed by atoms with E-state index in [2.05, 4.69) is 71.4 Å². The first kappa shape index (κ1) is 16.0. The number of benzene rings is 2. The fourth-order valence-electron chi connectivity index (χ4n) is 3.68. The van der Waals surface area contributed by atoms with Crippen LogP contribution in [-0.4, -0.2) is 23.0 Å². The number of aromatic nitrogens is 1. The molecule has 1 aliphatic heterocycles. The highest BCUT2D eigenvalue weighted by atomic mass is 15.2. The van der Waals surface area contributed by atoms with Crippen molar-refractivity contribution < 1.29 is 0 Å². The van der Waals surface area contributed by atoms with E-state index in [0.717, 1.165) is 5.56 Å². The van der Waals surface area contributed by atoms with Crippen molar-refractivity contribution in [1.29, 1.82) is 0 Å². The Morgan fingerprint density at radius 2 is 1.32 bits per heavy atom. The maximum Gasteiger partial charge on any atom is 0.0346 e. The zero-order valence-electron chi connectivity index (χ0n) is 14.7. The van der Waals surface area contributed by atoms with Gasteiger partial charge in [-0.05, 0) is 66.7 Å². The Morgan fingerprint density at radius 3 is 1.88 bits per heavy atom. The molecule has 3 aromatic rings. The first-order valence-electron chi connectivity index (χ1n) is 9.16. The third-order valence-corrected chi connectivity index (χ3v) is 5.29. The summed E-state index contributed by atoms with van der Waals surface area (Å²) in [6.45, 7) is 4.79. The molecule has 2 nitrogen and oxygen atoms in total. The topological polar surface area (TPSA) is 16.1 Å². The molecule has 0 saturated carbocycles. The largest absolute Gasteiger partial charge is 0.297 e. The molecule has 0 amide bonds. The van der Waals surface area contributed by atoms with Crippen LogP contribution in [0.2, 0.25) is 0 Å². The van der Waals surface area contributed by atoms with Crippen molar-refractivity contribution in [1.82, 2.24) is 9.88 Å². The lowest BCUT2D eigenvalue weighted by Gasteiger charge is -2.24. The fraction of sp³-hybridized carbons (Fsp3) is 0.261. The third-order valence-electron chi connectivity index (χ3n) is 5.29. The molecular formula is C23H24N2. The molecule has 0 unspecified atom stereocenters. The second kappa shape index (κ2) is 7.20. The number of rotatable bonds is 4. The second-order valence-electron chi connectivity index (χ2n) is 6.86. The predicted molar refractivity (Wildman–Crippen MR) is 104 cm³/mol. The second-order valence-corrected chi connectivity index (χ2v) is 6.86. The van der Waals surface area contributed by atoms with Gasteiger partial charge in [-0.25, -0.2) is 0 Å². The monoisotopic (exact) mass is 328 g/mol. The fourth-order valence-corrected chi connectivity index (χ4v) is 3.68.